The highest BCUT2D eigenvalue weighted by Crippen LogP contribution is 2.30. The summed E-state index contributed by atoms with van der Waals surface area (Å²) in [5.41, 5.74) is 0. The number of rotatable bonds is 9. The lowest BCUT2D eigenvalue weighted by atomic mass is 9.98. The van der Waals surface area contributed by atoms with Crippen LogP contribution in [0.4, 0.5) is 0 Å². The average molecular weight is 332 g/mol. The number of tetrazole rings is 2. The maximum Gasteiger partial charge on any atom is 0.177 e. The van der Waals surface area contributed by atoms with Crippen molar-refractivity contribution in [1.29, 1.82) is 0 Å². The molecule has 1 fully saturated rings. The predicted molar refractivity (Wildman–Crippen MR) is 89.3 cm³/mol. The van der Waals surface area contributed by atoms with Gasteiger partial charge in [-0.1, -0.05) is 27.7 Å². The molecule has 0 spiro atoms. The summed E-state index contributed by atoms with van der Waals surface area (Å²) in [6, 6.07) is 0. The summed E-state index contributed by atoms with van der Waals surface area (Å²) in [5, 5.41) is 25.6. The Hall–Kier alpha value is -1.86. The summed E-state index contributed by atoms with van der Waals surface area (Å²) in [4.78, 5) is 3.48. The van der Waals surface area contributed by atoms with Crippen LogP contribution in [0.1, 0.15) is 76.9 Å². The van der Waals surface area contributed by atoms with E-state index in [4.69, 9.17) is 0 Å². The van der Waals surface area contributed by atoms with E-state index in [-0.39, 0.29) is 0 Å². The van der Waals surface area contributed by atoms with Gasteiger partial charge in [0, 0.05) is 11.8 Å². The fraction of sp³-hybridized carbons (Fsp3) is 0.875. The van der Waals surface area contributed by atoms with Gasteiger partial charge in [-0.05, 0) is 47.9 Å². The molecule has 0 aliphatic heterocycles. The number of aromatic nitrogens is 8. The monoisotopic (exact) mass is 332 g/mol. The summed E-state index contributed by atoms with van der Waals surface area (Å²) >= 11 is 0. The summed E-state index contributed by atoms with van der Waals surface area (Å²) in [5.74, 6) is 3.58. The molecular weight excluding hydrogens is 304 g/mol. The Bertz CT molecular complexity index is 642. The van der Waals surface area contributed by atoms with Crippen molar-refractivity contribution in [1.82, 2.24) is 40.4 Å². The van der Waals surface area contributed by atoms with Crippen molar-refractivity contribution in [2.75, 3.05) is 0 Å². The molecule has 1 aliphatic rings. The van der Waals surface area contributed by atoms with Crippen molar-refractivity contribution >= 4 is 0 Å². The third kappa shape index (κ3) is 4.58. The molecular formula is C16H28N8. The number of nitrogens with zero attached hydrogens (tertiary/aromatic N) is 8. The van der Waals surface area contributed by atoms with E-state index in [0.717, 1.165) is 43.5 Å². The SMILES string of the molecule is CC(CCC(C)c1nnn(CC2CC2)n1)Cn1nnc(C(C)C)n1. The van der Waals surface area contributed by atoms with Gasteiger partial charge in [0.15, 0.2) is 11.6 Å². The van der Waals surface area contributed by atoms with Gasteiger partial charge in [-0.15, -0.1) is 20.4 Å². The highest BCUT2D eigenvalue weighted by Gasteiger charge is 2.23. The van der Waals surface area contributed by atoms with Gasteiger partial charge in [0.2, 0.25) is 0 Å². The highest BCUT2D eigenvalue weighted by molar-refractivity contribution is 4.89. The zero-order chi connectivity index (χ0) is 17.1. The summed E-state index contributed by atoms with van der Waals surface area (Å²) in [7, 11) is 0. The van der Waals surface area contributed by atoms with Crippen molar-refractivity contribution < 1.29 is 0 Å². The van der Waals surface area contributed by atoms with Gasteiger partial charge < -0.3 is 0 Å². The zero-order valence-corrected chi connectivity index (χ0v) is 15.1. The highest BCUT2D eigenvalue weighted by atomic mass is 15.6. The minimum absolute atomic E-state index is 0.318. The van der Waals surface area contributed by atoms with E-state index in [0.29, 0.717) is 17.8 Å². The first-order valence-electron chi connectivity index (χ1n) is 9.06. The van der Waals surface area contributed by atoms with E-state index < -0.39 is 0 Å². The van der Waals surface area contributed by atoms with Gasteiger partial charge in [0.1, 0.15) is 0 Å². The van der Waals surface area contributed by atoms with Crippen LogP contribution in [0, 0.1) is 11.8 Å². The second kappa shape index (κ2) is 7.36. The molecule has 24 heavy (non-hydrogen) atoms. The molecule has 2 unspecified atom stereocenters. The second-order valence-corrected chi connectivity index (χ2v) is 7.59. The Morgan fingerprint density at radius 3 is 2.25 bits per heavy atom. The molecule has 1 saturated carbocycles. The van der Waals surface area contributed by atoms with Crippen LogP contribution < -0.4 is 0 Å². The molecule has 132 valence electrons. The van der Waals surface area contributed by atoms with Gasteiger partial charge >= 0.3 is 0 Å². The molecule has 8 heteroatoms. The van der Waals surface area contributed by atoms with Crippen LogP contribution in [0.3, 0.4) is 0 Å². The molecule has 0 N–H and O–H groups in total. The predicted octanol–water partition coefficient (Wildman–Crippen LogP) is 2.41. The molecule has 0 bridgehead atoms. The molecule has 2 aromatic heterocycles. The fourth-order valence-corrected chi connectivity index (χ4v) is 2.66. The van der Waals surface area contributed by atoms with Crippen molar-refractivity contribution in [3.63, 3.8) is 0 Å². The van der Waals surface area contributed by atoms with Crippen LogP contribution in [0.25, 0.3) is 0 Å². The fourth-order valence-electron chi connectivity index (χ4n) is 2.66. The Balaban J connectivity index is 1.44. The largest absolute Gasteiger partial charge is 0.177 e. The molecule has 0 radical (unpaired) electrons. The Morgan fingerprint density at radius 1 is 0.917 bits per heavy atom. The zero-order valence-electron chi connectivity index (χ0n) is 15.1. The minimum atomic E-state index is 0.318. The summed E-state index contributed by atoms with van der Waals surface area (Å²) in [6.45, 7) is 10.3. The Labute approximate surface area is 143 Å². The molecule has 0 amide bonds. The van der Waals surface area contributed by atoms with Crippen LogP contribution in [-0.2, 0) is 13.1 Å². The normalized spacial score (nSPS) is 17.4. The van der Waals surface area contributed by atoms with E-state index in [1.54, 1.807) is 9.59 Å². The van der Waals surface area contributed by atoms with Crippen molar-refractivity contribution in [3.05, 3.63) is 11.6 Å². The van der Waals surface area contributed by atoms with Gasteiger partial charge in [0.05, 0.1) is 13.1 Å². The quantitative estimate of drug-likeness (QED) is 0.701. The molecule has 3 rings (SSSR count). The van der Waals surface area contributed by atoms with Gasteiger partial charge in [0.25, 0.3) is 0 Å². The summed E-state index contributed by atoms with van der Waals surface area (Å²) < 4.78 is 0. The lowest BCUT2D eigenvalue weighted by molar-refractivity contribution is 0.367. The van der Waals surface area contributed by atoms with E-state index in [1.165, 1.54) is 12.8 Å². The molecule has 0 aromatic carbocycles. The van der Waals surface area contributed by atoms with Crippen LogP contribution in [0.2, 0.25) is 0 Å². The number of hydrogen-bond acceptors (Lipinski definition) is 6. The maximum absolute atomic E-state index is 4.53. The average Bonchev–Trinajstić information content (AvgIpc) is 3.03. The van der Waals surface area contributed by atoms with Crippen LogP contribution in [-0.4, -0.2) is 40.4 Å². The lowest BCUT2D eigenvalue weighted by Gasteiger charge is -2.12. The van der Waals surface area contributed by atoms with E-state index in [9.17, 15) is 0 Å². The van der Waals surface area contributed by atoms with E-state index in [2.05, 4.69) is 58.5 Å². The maximum atomic E-state index is 4.53. The molecule has 1 aliphatic carbocycles. The van der Waals surface area contributed by atoms with Gasteiger partial charge in [-0.2, -0.15) is 9.59 Å². The molecule has 8 nitrogen and oxygen atoms in total. The minimum Gasteiger partial charge on any atom is -0.164 e. The van der Waals surface area contributed by atoms with Crippen molar-refractivity contribution in [2.24, 2.45) is 11.8 Å². The van der Waals surface area contributed by atoms with Crippen molar-refractivity contribution in [2.45, 2.75) is 78.3 Å². The van der Waals surface area contributed by atoms with Gasteiger partial charge in [-0.3, -0.25) is 0 Å². The first-order valence-corrected chi connectivity index (χ1v) is 9.06. The third-order valence-electron chi connectivity index (χ3n) is 4.58. The smallest absolute Gasteiger partial charge is 0.164 e. The molecule has 2 heterocycles. The standard InChI is InChI=1S/C16H28N8/c1-11(2)15-17-21-23(19-15)9-12(3)5-6-13(4)16-18-22-24(20-16)10-14-7-8-14/h11-14H,5-10H2,1-4H3. The Morgan fingerprint density at radius 2 is 1.58 bits per heavy atom. The first-order chi connectivity index (χ1) is 11.5. The lowest BCUT2D eigenvalue weighted by Crippen LogP contribution is -2.12. The van der Waals surface area contributed by atoms with E-state index in [1.807, 2.05) is 0 Å². The molecule has 0 saturated heterocycles. The van der Waals surface area contributed by atoms with Gasteiger partial charge in [-0.25, -0.2) is 0 Å². The first kappa shape index (κ1) is 17.0. The van der Waals surface area contributed by atoms with Crippen LogP contribution in [0.5, 0.6) is 0 Å². The van der Waals surface area contributed by atoms with Crippen LogP contribution >= 0.6 is 0 Å². The Kier molecular flexibility index (Phi) is 5.20. The number of hydrogen-bond donors (Lipinski definition) is 0. The molecule has 2 atom stereocenters. The van der Waals surface area contributed by atoms with Crippen molar-refractivity contribution in [3.8, 4) is 0 Å². The topological polar surface area (TPSA) is 87.2 Å². The van der Waals surface area contributed by atoms with Crippen LogP contribution in [0.15, 0.2) is 0 Å². The van der Waals surface area contributed by atoms with E-state index >= 15 is 0 Å². The third-order valence-corrected chi connectivity index (χ3v) is 4.58. The second-order valence-electron chi connectivity index (χ2n) is 7.59. The summed E-state index contributed by atoms with van der Waals surface area (Å²) in [6.07, 6.45) is 4.73. The molecule has 2 aromatic rings.